The van der Waals surface area contributed by atoms with E-state index in [4.69, 9.17) is 4.74 Å². The predicted octanol–water partition coefficient (Wildman–Crippen LogP) is 1.41. The first-order valence-electron chi connectivity index (χ1n) is 8.68. The van der Waals surface area contributed by atoms with Gasteiger partial charge in [-0.3, -0.25) is 9.69 Å². The van der Waals surface area contributed by atoms with Gasteiger partial charge in [0.25, 0.3) is 5.91 Å². The summed E-state index contributed by atoms with van der Waals surface area (Å²) in [6.07, 6.45) is 0.960. The molecule has 6 nitrogen and oxygen atoms in total. The molecule has 1 aliphatic heterocycles. The van der Waals surface area contributed by atoms with Crippen LogP contribution in [0.4, 0.5) is 0 Å². The molecule has 0 saturated carbocycles. The lowest BCUT2D eigenvalue weighted by Gasteiger charge is -2.26. The highest BCUT2D eigenvalue weighted by Crippen LogP contribution is 2.03. The Kier molecular flexibility index (Phi) is 7.96. The Morgan fingerprint density at radius 1 is 1.24 bits per heavy atom. The number of morpholine rings is 1. The van der Waals surface area contributed by atoms with Gasteiger partial charge in [-0.25, -0.2) is 0 Å². The number of nitrogens with zero attached hydrogens (tertiary/aromatic N) is 2. The topological polar surface area (TPSA) is 77.4 Å². The Morgan fingerprint density at radius 3 is 2.64 bits per heavy atom. The predicted molar refractivity (Wildman–Crippen MR) is 96.5 cm³/mol. The van der Waals surface area contributed by atoms with Crippen molar-refractivity contribution in [2.75, 3.05) is 39.4 Å². The second-order valence-corrected chi connectivity index (χ2v) is 6.01. The molecule has 0 bridgehead atoms. The van der Waals surface area contributed by atoms with Gasteiger partial charge in [-0.1, -0.05) is 30.3 Å². The minimum absolute atomic E-state index is 0.141. The van der Waals surface area contributed by atoms with Crippen molar-refractivity contribution in [1.82, 2.24) is 15.5 Å². The third-order valence-electron chi connectivity index (χ3n) is 4.15. The Hall–Kier alpha value is -2.36. The van der Waals surface area contributed by atoms with Gasteiger partial charge < -0.3 is 15.4 Å². The summed E-state index contributed by atoms with van der Waals surface area (Å²) in [6, 6.07) is 11.6. The van der Waals surface area contributed by atoms with Crippen LogP contribution >= 0.6 is 0 Å². The van der Waals surface area contributed by atoms with Crippen molar-refractivity contribution in [1.29, 1.82) is 5.26 Å². The average Bonchev–Trinajstić information content (AvgIpc) is 2.66. The van der Waals surface area contributed by atoms with E-state index < -0.39 is 0 Å². The number of amides is 1. The standard InChI is InChI=1S/C19H26N4O2/c1-16(21-8-5-9-23-10-12-25-13-11-23)18(14-20)19(24)22-15-17-6-3-2-4-7-17/h2-4,6-7,21H,5,8-13,15H2,1H3,(H,22,24)/b18-16-. The van der Waals surface area contributed by atoms with Gasteiger partial charge in [-0.2, -0.15) is 5.26 Å². The molecule has 1 aliphatic rings. The molecule has 134 valence electrons. The first kappa shape index (κ1) is 19.0. The quantitative estimate of drug-likeness (QED) is 0.424. The average molecular weight is 342 g/mol. The summed E-state index contributed by atoms with van der Waals surface area (Å²) in [5, 5.41) is 15.3. The number of nitriles is 1. The van der Waals surface area contributed by atoms with Gasteiger partial charge in [0.2, 0.25) is 0 Å². The molecule has 2 rings (SSSR count). The van der Waals surface area contributed by atoms with Crippen LogP contribution in [0.3, 0.4) is 0 Å². The van der Waals surface area contributed by atoms with Crippen LogP contribution in [0.25, 0.3) is 0 Å². The third kappa shape index (κ3) is 6.57. The van der Waals surface area contributed by atoms with Crippen LogP contribution in [0, 0.1) is 11.3 Å². The number of benzene rings is 1. The molecule has 0 aliphatic carbocycles. The number of carbonyl (C=O) groups is 1. The van der Waals surface area contributed by atoms with Gasteiger partial charge in [0.15, 0.2) is 0 Å². The SMILES string of the molecule is C/C(NCCCN1CCOCC1)=C(\C#N)C(=O)NCc1ccccc1. The van der Waals surface area contributed by atoms with Crippen LogP contribution in [-0.4, -0.2) is 50.2 Å². The molecule has 6 heteroatoms. The van der Waals surface area contributed by atoms with Crippen molar-refractivity contribution in [3.05, 3.63) is 47.2 Å². The molecule has 1 amide bonds. The van der Waals surface area contributed by atoms with Crippen LogP contribution < -0.4 is 10.6 Å². The van der Waals surface area contributed by atoms with E-state index in [1.165, 1.54) is 0 Å². The highest BCUT2D eigenvalue weighted by molar-refractivity contribution is 5.97. The Bertz CT molecular complexity index is 616. The minimum Gasteiger partial charge on any atom is -0.387 e. The maximum atomic E-state index is 12.2. The van der Waals surface area contributed by atoms with Gasteiger partial charge >= 0.3 is 0 Å². The van der Waals surface area contributed by atoms with E-state index in [1.54, 1.807) is 6.92 Å². The molecule has 1 aromatic carbocycles. The lowest BCUT2D eigenvalue weighted by atomic mass is 10.2. The van der Waals surface area contributed by atoms with Gasteiger partial charge in [0, 0.05) is 31.9 Å². The summed E-state index contributed by atoms with van der Waals surface area (Å²) < 4.78 is 5.33. The normalized spacial score (nSPS) is 15.8. The molecule has 1 heterocycles. The van der Waals surface area contributed by atoms with Crippen molar-refractivity contribution in [2.45, 2.75) is 19.9 Å². The monoisotopic (exact) mass is 342 g/mol. The molecule has 1 fully saturated rings. The van der Waals surface area contributed by atoms with E-state index in [-0.39, 0.29) is 11.5 Å². The summed E-state index contributed by atoms with van der Waals surface area (Å²) in [6.45, 7) is 7.45. The highest BCUT2D eigenvalue weighted by atomic mass is 16.5. The van der Waals surface area contributed by atoms with Crippen molar-refractivity contribution in [2.24, 2.45) is 0 Å². The fraction of sp³-hybridized carbons (Fsp3) is 0.474. The van der Waals surface area contributed by atoms with Crippen LogP contribution in [0.1, 0.15) is 18.9 Å². The summed E-state index contributed by atoms with van der Waals surface area (Å²) >= 11 is 0. The number of hydrogen-bond acceptors (Lipinski definition) is 5. The molecule has 1 saturated heterocycles. The summed E-state index contributed by atoms with van der Waals surface area (Å²) in [5.74, 6) is -0.343. The summed E-state index contributed by atoms with van der Waals surface area (Å²) in [7, 11) is 0. The number of ether oxygens (including phenoxy) is 1. The lowest BCUT2D eigenvalue weighted by molar-refractivity contribution is -0.117. The zero-order valence-corrected chi connectivity index (χ0v) is 14.8. The zero-order valence-electron chi connectivity index (χ0n) is 14.8. The molecule has 0 atom stereocenters. The van der Waals surface area contributed by atoms with Gasteiger partial charge in [-0.15, -0.1) is 0 Å². The maximum Gasteiger partial charge on any atom is 0.263 e. The molecular formula is C19H26N4O2. The first-order valence-corrected chi connectivity index (χ1v) is 8.68. The van der Waals surface area contributed by atoms with Crippen LogP contribution in [-0.2, 0) is 16.1 Å². The second kappa shape index (κ2) is 10.5. The van der Waals surface area contributed by atoms with E-state index in [2.05, 4.69) is 15.5 Å². The molecule has 0 unspecified atom stereocenters. The zero-order chi connectivity index (χ0) is 17.9. The molecule has 1 aromatic rings. The van der Waals surface area contributed by atoms with Crippen LogP contribution in [0.15, 0.2) is 41.6 Å². The van der Waals surface area contributed by atoms with Crippen LogP contribution in [0.2, 0.25) is 0 Å². The van der Waals surface area contributed by atoms with Crippen molar-refractivity contribution < 1.29 is 9.53 Å². The Morgan fingerprint density at radius 2 is 1.96 bits per heavy atom. The number of rotatable bonds is 8. The fourth-order valence-corrected chi connectivity index (χ4v) is 2.66. The number of hydrogen-bond donors (Lipinski definition) is 2. The molecule has 0 spiro atoms. The van der Waals surface area contributed by atoms with Crippen LogP contribution in [0.5, 0.6) is 0 Å². The minimum atomic E-state index is -0.343. The molecule has 25 heavy (non-hydrogen) atoms. The largest absolute Gasteiger partial charge is 0.387 e. The highest BCUT2D eigenvalue weighted by Gasteiger charge is 2.13. The third-order valence-corrected chi connectivity index (χ3v) is 4.15. The smallest absolute Gasteiger partial charge is 0.263 e. The second-order valence-electron chi connectivity index (χ2n) is 6.01. The first-order chi connectivity index (χ1) is 12.2. The van der Waals surface area contributed by atoms with Crippen molar-refractivity contribution in [3.8, 4) is 6.07 Å². The van der Waals surface area contributed by atoms with Crippen molar-refractivity contribution in [3.63, 3.8) is 0 Å². The van der Waals surface area contributed by atoms with Gasteiger partial charge in [0.05, 0.1) is 13.2 Å². The number of nitrogens with one attached hydrogen (secondary N) is 2. The van der Waals surface area contributed by atoms with Gasteiger partial charge in [0.1, 0.15) is 11.6 Å². The summed E-state index contributed by atoms with van der Waals surface area (Å²) in [4.78, 5) is 14.6. The lowest BCUT2D eigenvalue weighted by Crippen LogP contribution is -2.37. The Balaban J connectivity index is 1.75. The van der Waals surface area contributed by atoms with Gasteiger partial charge in [-0.05, 0) is 25.5 Å². The molecular weight excluding hydrogens is 316 g/mol. The maximum absolute atomic E-state index is 12.2. The van der Waals surface area contributed by atoms with Crippen molar-refractivity contribution >= 4 is 5.91 Å². The van der Waals surface area contributed by atoms with E-state index in [0.717, 1.165) is 51.4 Å². The summed E-state index contributed by atoms with van der Waals surface area (Å²) in [5.41, 5.74) is 1.77. The van der Waals surface area contributed by atoms with E-state index in [1.807, 2.05) is 36.4 Å². The van der Waals surface area contributed by atoms with E-state index in [0.29, 0.717) is 12.2 Å². The molecule has 0 radical (unpaired) electrons. The Labute approximate surface area is 149 Å². The van der Waals surface area contributed by atoms with E-state index >= 15 is 0 Å². The number of allylic oxidation sites excluding steroid dienone is 1. The molecule has 2 N–H and O–H groups in total. The molecule has 0 aromatic heterocycles. The number of carbonyl (C=O) groups excluding carboxylic acids is 1. The van der Waals surface area contributed by atoms with E-state index in [9.17, 15) is 10.1 Å². The fourth-order valence-electron chi connectivity index (χ4n) is 2.66.